The van der Waals surface area contributed by atoms with Crippen molar-refractivity contribution in [1.29, 1.82) is 0 Å². The first-order valence-electron chi connectivity index (χ1n) is 6.48. The first kappa shape index (κ1) is 14.8. The predicted molar refractivity (Wildman–Crippen MR) is 81.7 cm³/mol. The third-order valence-electron chi connectivity index (χ3n) is 3.69. The number of carbonyl (C=O) groups is 1. The highest BCUT2D eigenvalue weighted by Crippen LogP contribution is 2.22. The molecule has 19 heavy (non-hydrogen) atoms. The van der Waals surface area contributed by atoms with Crippen molar-refractivity contribution in [1.82, 2.24) is 10.6 Å². The monoisotopic (exact) mass is 344 g/mol. The minimum atomic E-state index is -0.107. The highest BCUT2D eigenvalue weighted by Gasteiger charge is 2.29. The van der Waals surface area contributed by atoms with Gasteiger partial charge in [0, 0.05) is 16.6 Å². The van der Waals surface area contributed by atoms with Crippen LogP contribution >= 0.6 is 27.5 Å². The lowest BCUT2D eigenvalue weighted by Crippen LogP contribution is -2.55. The number of benzene rings is 1. The summed E-state index contributed by atoms with van der Waals surface area (Å²) in [7, 11) is 0. The molecule has 1 aromatic carbocycles. The normalized spacial score (nSPS) is 27.1. The van der Waals surface area contributed by atoms with Crippen LogP contribution in [-0.2, 0) is 0 Å². The van der Waals surface area contributed by atoms with Crippen molar-refractivity contribution in [2.24, 2.45) is 5.92 Å². The van der Waals surface area contributed by atoms with E-state index in [1.807, 2.05) is 6.07 Å². The Kier molecular flexibility index (Phi) is 4.87. The zero-order valence-electron chi connectivity index (χ0n) is 11.0. The van der Waals surface area contributed by atoms with Gasteiger partial charge in [-0.25, -0.2) is 0 Å². The topological polar surface area (TPSA) is 41.1 Å². The lowest BCUT2D eigenvalue weighted by Gasteiger charge is -2.36. The molecule has 2 N–H and O–H groups in total. The number of hydrogen-bond donors (Lipinski definition) is 2. The van der Waals surface area contributed by atoms with Gasteiger partial charge in [0.15, 0.2) is 0 Å². The smallest absolute Gasteiger partial charge is 0.253 e. The van der Waals surface area contributed by atoms with Crippen LogP contribution in [0.25, 0.3) is 0 Å². The van der Waals surface area contributed by atoms with Crippen LogP contribution in [0.2, 0.25) is 5.02 Å². The molecular formula is C14H18BrClN2O. The summed E-state index contributed by atoms with van der Waals surface area (Å²) in [4.78, 5) is 12.3. The van der Waals surface area contributed by atoms with E-state index in [1.165, 1.54) is 0 Å². The Balaban J connectivity index is 2.11. The molecule has 1 heterocycles. The van der Waals surface area contributed by atoms with Crippen LogP contribution in [0.3, 0.4) is 0 Å². The van der Waals surface area contributed by atoms with E-state index in [0.717, 1.165) is 17.4 Å². The van der Waals surface area contributed by atoms with Crippen LogP contribution in [0.1, 0.15) is 30.6 Å². The predicted octanol–water partition coefficient (Wildman–Crippen LogP) is 3.22. The van der Waals surface area contributed by atoms with Crippen molar-refractivity contribution in [3.8, 4) is 0 Å². The highest BCUT2D eigenvalue weighted by atomic mass is 79.9. The van der Waals surface area contributed by atoms with E-state index in [1.54, 1.807) is 12.1 Å². The number of carbonyl (C=O) groups excluding carboxylic acids is 1. The first-order valence-corrected chi connectivity index (χ1v) is 7.65. The summed E-state index contributed by atoms with van der Waals surface area (Å²) in [5.41, 5.74) is 0.523. The van der Waals surface area contributed by atoms with E-state index >= 15 is 0 Å². The molecule has 5 heteroatoms. The van der Waals surface area contributed by atoms with Crippen molar-refractivity contribution in [3.05, 3.63) is 33.3 Å². The van der Waals surface area contributed by atoms with Gasteiger partial charge < -0.3 is 10.6 Å². The standard InChI is InChI=1S/C14H18BrClN2O/c1-8-5-6-17-9(2)13(8)18-14(19)11-4-3-10(15)7-12(11)16/h3-4,7-9,13,17H,5-6H2,1-2H3,(H,18,19). The number of rotatable bonds is 2. The maximum Gasteiger partial charge on any atom is 0.253 e. The summed E-state index contributed by atoms with van der Waals surface area (Å²) in [5, 5.41) is 6.95. The van der Waals surface area contributed by atoms with Crippen molar-refractivity contribution in [2.45, 2.75) is 32.4 Å². The molecular weight excluding hydrogens is 328 g/mol. The zero-order chi connectivity index (χ0) is 14.0. The van der Waals surface area contributed by atoms with Crippen LogP contribution in [-0.4, -0.2) is 24.5 Å². The third kappa shape index (κ3) is 3.50. The molecule has 2 rings (SSSR count). The SMILES string of the molecule is CC1CCNC(C)C1NC(=O)c1ccc(Br)cc1Cl. The third-order valence-corrected chi connectivity index (χ3v) is 4.50. The second kappa shape index (κ2) is 6.25. The number of nitrogens with one attached hydrogen (secondary N) is 2. The Morgan fingerprint density at radius 2 is 2.21 bits per heavy atom. The molecule has 0 spiro atoms. The summed E-state index contributed by atoms with van der Waals surface area (Å²) in [6.07, 6.45) is 1.07. The Bertz CT molecular complexity index is 471. The van der Waals surface area contributed by atoms with E-state index in [-0.39, 0.29) is 18.0 Å². The lowest BCUT2D eigenvalue weighted by atomic mass is 9.89. The minimum Gasteiger partial charge on any atom is -0.347 e. The van der Waals surface area contributed by atoms with Gasteiger partial charge in [-0.3, -0.25) is 4.79 Å². The first-order chi connectivity index (χ1) is 8.99. The molecule has 3 nitrogen and oxygen atoms in total. The van der Waals surface area contributed by atoms with E-state index in [0.29, 0.717) is 16.5 Å². The Labute approximate surface area is 127 Å². The van der Waals surface area contributed by atoms with Crippen LogP contribution in [0.5, 0.6) is 0 Å². The molecule has 1 saturated heterocycles. The van der Waals surface area contributed by atoms with Gasteiger partial charge in [0.1, 0.15) is 0 Å². The molecule has 3 unspecified atom stereocenters. The fourth-order valence-corrected chi connectivity index (χ4v) is 3.27. The molecule has 1 amide bonds. The molecule has 1 aliphatic heterocycles. The van der Waals surface area contributed by atoms with Gasteiger partial charge in [0.25, 0.3) is 5.91 Å². The van der Waals surface area contributed by atoms with Crippen LogP contribution in [0.15, 0.2) is 22.7 Å². The molecule has 0 radical (unpaired) electrons. The van der Waals surface area contributed by atoms with E-state index in [9.17, 15) is 4.79 Å². The van der Waals surface area contributed by atoms with Gasteiger partial charge in [-0.15, -0.1) is 0 Å². The van der Waals surface area contributed by atoms with E-state index < -0.39 is 0 Å². The summed E-state index contributed by atoms with van der Waals surface area (Å²) in [6.45, 7) is 5.28. The van der Waals surface area contributed by atoms with Gasteiger partial charge in [-0.1, -0.05) is 34.5 Å². The van der Waals surface area contributed by atoms with Crippen molar-refractivity contribution < 1.29 is 4.79 Å². The highest BCUT2D eigenvalue weighted by molar-refractivity contribution is 9.10. The van der Waals surface area contributed by atoms with Crippen molar-refractivity contribution >= 4 is 33.4 Å². The molecule has 0 bridgehead atoms. The molecule has 0 saturated carbocycles. The lowest BCUT2D eigenvalue weighted by molar-refractivity contribution is 0.0898. The molecule has 1 aliphatic rings. The summed E-state index contributed by atoms with van der Waals surface area (Å²) >= 11 is 9.45. The summed E-state index contributed by atoms with van der Waals surface area (Å²) in [6, 6.07) is 5.73. The number of hydrogen-bond acceptors (Lipinski definition) is 2. The second-order valence-electron chi connectivity index (χ2n) is 5.13. The largest absolute Gasteiger partial charge is 0.347 e. The fourth-order valence-electron chi connectivity index (χ4n) is 2.51. The van der Waals surface area contributed by atoms with E-state index in [2.05, 4.69) is 40.4 Å². The quantitative estimate of drug-likeness (QED) is 0.864. The van der Waals surface area contributed by atoms with Crippen molar-refractivity contribution in [3.63, 3.8) is 0 Å². The number of piperidine rings is 1. The minimum absolute atomic E-state index is 0.107. The molecule has 1 fully saturated rings. The maximum absolute atomic E-state index is 12.3. The average Bonchev–Trinajstić information content (AvgIpc) is 2.33. The van der Waals surface area contributed by atoms with Crippen LogP contribution in [0.4, 0.5) is 0 Å². The second-order valence-corrected chi connectivity index (χ2v) is 6.46. The van der Waals surface area contributed by atoms with Crippen LogP contribution in [0, 0.1) is 5.92 Å². The molecule has 0 aromatic heterocycles. The van der Waals surface area contributed by atoms with Crippen molar-refractivity contribution in [2.75, 3.05) is 6.54 Å². The Hall–Kier alpha value is -0.580. The Morgan fingerprint density at radius 3 is 2.84 bits per heavy atom. The number of halogens is 2. The molecule has 1 aromatic rings. The molecule has 3 atom stereocenters. The maximum atomic E-state index is 12.3. The fraction of sp³-hybridized carbons (Fsp3) is 0.500. The average molecular weight is 346 g/mol. The van der Waals surface area contributed by atoms with Gasteiger partial charge in [0.2, 0.25) is 0 Å². The van der Waals surface area contributed by atoms with Crippen LogP contribution < -0.4 is 10.6 Å². The Morgan fingerprint density at radius 1 is 1.47 bits per heavy atom. The molecule has 104 valence electrons. The van der Waals surface area contributed by atoms with Gasteiger partial charge in [-0.2, -0.15) is 0 Å². The zero-order valence-corrected chi connectivity index (χ0v) is 13.4. The van der Waals surface area contributed by atoms with Gasteiger partial charge >= 0.3 is 0 Å². The van der Waals surface area contributed by atoms with Gasteiger partial charge in [-0.05, 0) is 44.0 Å². The molecule has 0 aliphatic carbocycles. The summed E-state index contributed by atoms with van der Waals surface area (Å²) in [5.74, 6) is 0.360. The van der Waals surface area contributed by atoms with Gasteiger partial charge in [0.05, 0.1) is 10.6 Å². The summed E-state index contributed by atoms with van der Waals surface area (Å²) < 4.78 is 0.870. The van der Waals surface area contributed by atoms with E-state index in [4.69, 9.17) is 11.6 Å². The number of amides is 1.